The first kappa shape index (κ1) is 11.6. The molecule has 4 heteroatoms. The van der Waals surface area contributed by atoms with E-state index in [0.717, 1.165) is 12.8 Å². The standard InChI is InChI=1S/C14H20N2O2/c15-11-7-13(16(8-11)12-5-6-12)14(17)18-9-10-3-1-2-4-10/h7-8,10,12H,1-6,9,15H2. The number of nitrogens with zero attached hydrogens (tertiary/aromatic N) is 1. The Hall–Kier alpha value is -1.45. The van der Waals surface area contributed by atoms with Gasteiger partial charge in [0.05, 0.1) is 12.3 Å². The molecule has 18 heavy (non-hydrogen) atoms. The van der Waals surface area contributed by atoms with Crippen LogP contribution >= 0.6 is 0 Å². The molecule has 0 aromatic carbocycles. The minimum absolute atomic E-state index is 0.217. The van der Waals surface area contributed by atoms with Crippen LogP contribution < -0.4 is 5.73 Å². The van der Waals surface area contributed by atoms with Crippen molar-refractivity contribution in [1.29, 1.82) is 0 Å². The van der Waals surface area contributed by atoms with Gasteiger partial charge in [0.25, 0.3) is 0 Å². The molecule has 98 valence electrons. The lowest BCUT2D eigenvalue weighted by Gasteiger charge is -2.11. The third kappa shape index (κ3) is 2.37. The predicted molar refractivity (Wildman–Crippen MR) is 69.4 cm³/mol. The number of hydrogen-bond donors (Lipinski definition) is 1. The van der Waals surface area contributed by atoms with Crippen molar-refractivity contribution in [3.63, 3.8) is 0 Å². The van der Waals surface area contributed by atoms with Gasteiger partial charge in [-0.1, -0.05) is 12.8 Å². The number of esters is 1. The average Bonchev–Trinajstić information content (AvgIpc) is 2.92. The van der Waals surface area contributed by atoms with Gasteiger partial charge in [0.1, 0.15) is 5.69 Å². The number of nitrogens with two attached hydrogens (primary N) is 1. The van der Waals surface area contributed by atoms with Gasteiger partial charge < -0.3 is 15.0 Å². The summed E-state index contributed by atoms with van der Waals surface area (Å²) < 4.78 is 7.41. The molecule has 0 unspecified atom stereocenters. The van der Waals surface area contributed by atoms with Gasteiger partial charge in [-0.25, -0.2) is 4.79 Å². The first-order chi connectivity index (χ1) is 8.74. The average molecular weight is 248 g/mol. The molecule has 2 saturated carbocycles. The van der Waals surface area contributed by atoms with Crippen LogP contribution in [0.3, 0.4) is 0 Å². The van der Waals surface area contributed by atoms with Crippen molar-refractivity contribution < 1.29 is 9.53 Å². The minimum Gasteiger partial charge on any atom is -0.461 e. The molecule has 2 aliphatic carbocycles. The van der Waals surface area contributed by atoms with Crippen LogP contribution in [0.25, 0.3) is 0 Å². The molecule has 2 fully saturated rings. The number of aromatic nitrogens is 1. The Bertz CT molecular complexity index is 443. The minimum atomic E-state index is -0.217. The molecular formula is C14H20N2O2. The predicted octanol–water partition coefficient (Wildman–Crippen LogP) is 2.75. The maximum Gasteiger partial charge on any atom is 0.355 e. The summed E-state index contributed by atoms with van der Waals surface area (Å²) in [6.07, 6.45) is 9.05. The lowest BCUT2D eigenvalue weighted by atomic mass is 10.1. The molecule has 1 aromatic heterocycles. The Balaban J connectivity index is 1.64. The molecule has 2 N–H and O–H groups in total. The Morgan fingerprint density at radius 3 is 2.72 bits per heavy atom. The van der Waals surface area contributed by atoms with E-state index in [0.29, 0.717) is 29.9 Å². The zero-order chi connectivity index (χ0) is 12.5. The van der Waals surface area contributed by atoms with Crippen LogP contribution in [-0.4, -0.2) is 17.1 Å². The molecule has 3 rings (SSSR count). The Morgan fingerprint density at radius 2 is 2.06 bits per heavy atom. The summed E-state index contributed by atoms with van der Waals surface area (Å²) in [6, 6.07) is 2.19. The lowest BCUT2D eigenvalue weighted by Crippen LogP contribution is -2.15. The van der Waals surface area contributed by atoms with E-state index in [4.69, 9.17) is 10.5 Å². The van der Waals surface area contributed by atoms with E-state index in [1.807, 2.05) is 10.8 Å². The van der Waals surface area contributed by atoms with E-state index in [2.05, 4.69) is 0 Å². The highest BCUT2D eigenvalue weighted by atomic mass is 16.5. The number of nitrogen functional groups attached to an aromatic ring is 1. The van der Waals surface area contributed by atoms with Crippen LogP contribution in [0.4, 0.5) is 5.69 Å². The van der Waals surface area contributed by atoms with Crippen molar-refractivity contribution in [2.75, 3.05) is 12.3 Å². The van der Waals surface area contributed by atoms with Crippen molar-refractivity contribution in [2.24, 2.45) is 5.92 Å². The van der Waals surface area contributed by atoms with E-state index >= 15 is 0 Å². The molecule has 0 amide bonds. The van der Waals surface area contributed by atoms with E-state index in [1.54, 1.807) is 6.07 Å². The molecular weight excluding hydrogens is 228 g/mol. The van der Waals surface area contributed by atoms with Gasteiger partial charge in [-0.15, -0.1) is 0 Å². The second kappa shape index (κ2) is 4.67. The number of carbonyl (C=O) groups is 1. The van der Waals surface area contributed by atoms with E-state index in [1.165, 1.54) is 25.7 Å². The van der Waals surface area contributed by atoms with Crippen LogP contribution in [0, 0.1) is 5.92 Å². The molecule has 1 heterocycles. The van der Waals surface area contributed by atoms with Gasteiger partial charge in [0.2, 0.25) is 0 Å². The smallest absolute Gasteiger partial charge is 0.355 e. The molecule has 0 aliphatic heterocycles. The zero-order valence-corrected chi connectivity index (χ0v) is 10.6. The fourth-order valence-corrected chi connectivity index (χ4v) is 2.76. The molecule has 2 aliphatic rings. The van der Waals surface area contributed by atoms with Crippen molar-refractivity contribution in [2.45, 2.75) is 44.6 Å². The van der Waals surface area contributed by atoms with E-state index < -0.39 is 0 Å². The normalized spacial score (nSPS) is 20.2. The fraction of sp³-hybridized carbons (Fsp3) is 0.643. The summed E-state index contributed by atoms with van der Waals surface area (Å²) >= 11 is 0. The van der Waals surface area contributed by atoms with Gasteiger partial charge in [0.15, 0.2) is 0 Å². The first-order valence-corrected chi connectivity index (χ1v) is 6.88. The second-order valence-electron chi connectivity index (χ2n) is 5.55. The topological polar surface area (TPSA) is 57.3 Å². The zero-order valence-electron chi connectivity index (χ0n) is 10.6. The van der Waals surface area contributed by atoms with Gasteiger partial charge in [-0.05, 0) is 37.7 Å². The van der Waals surface area contributed by atoms with Crippen LogP contribution in [0.5, 0.6) is 0 Å². The Morgan fingerprint density at radius 1 is 1.33 bits per heavy atom. The van der Waals surface area contributed by atoms with Crippen molar-refractivity contribution in [3.8, 4) is 0 Å². The summed E-state index contributed by atoms with van der Waals surface area (Å²) in [5.74, 6) is 0.348. The second-order valence-corrected chi connectivity index (χ2v) is 5.55. The molecule has 0 saturated heterocycles. The highest BCUT2D eigenvalue weighted by Crippen LogP contribution is 2.37. The third-order valence-corrected chi connectivity index (χ3v) is 3.94. The highest BCUT2D eigenvalue weighted by molar-refractivity contribution is 5.89. The van der Waals surface area contributed by atoms with E-state index in [9.17, 15) is 4.79 Å². The number of anilines is 1. The van der Waals surface area contributed by atoms with Gasteiger partial charge in [-0.3, -0.25) is 0 Å². The SMILES string of the molecule is Nc1cc(C(=O)OCC2CCCC2)n(C2CC2)c1. The molecule has 0 atom stereocenters. The van der Waals surface area contributed by atoms with Crippen LogP contribution in [-0.2, 0) is 4.74 Å². The van der Waals surface area contributed by atoms with Gasteiger partial charge >= 0.3 is 5.97 Å². The first-order valence-electron chi connectivity index (χ1n) is 6.88. The quantitative estimate of drug-likeness (QED) is 0.833. The summed E-state index contributed by atoms with van der Waals surface area (Å²) in [7, 11) is 0. The number of carbonyl (C=O) groups excluding carboxylic acids is 1. The number of rotatable bonds is 4. The Labute approximate surface area is 107 Å². The summed E-state index contributed by atoms with van der Waals surface area (Å²) in [6.45, 7) is 0.564. The molecule has 0 bridgehead atoms. The summed E-state index contributed by atoms with van der Waals surface area (Å²) in [5.41, 5.74) is 7.04. The summed E-state index contributed by atoms with van der Waals surface area (Å²) in [5, 5.41) is 0. The lowest BCUT2D eigenvalue weighted by molar-refractivity contribution is 0.0430. The van der Waals surface area contributed by atoms with Crippen LogP contribution in [0.1, 0.15) is 55.1 Å². The van der Waals surface area contributed by atoms with Crippen LogP contribution in [0.2, 0.25) is 0 Å². The Kier molecular flexibility index (Phi) is 3.02. The number of ether oxygens (including phenoxy) is 1. The largest absolute Gasteiger partial charge is 0.461 e. The fourth-order valence-electron chi connectivity index (χ4n) is 2.76. The van der Waals surface area contributed by atoms with Crippen LogP contribution in [0.15, 0.2) is 12.3 Å². The number of hydrogen-bond acceptors (Lipinski definition) is 3. The third-order valence-electron chi connectivity index (χ3n) is 3.94. The van der Waals surface area contributed by atoms with Gasteiger partial charge in [-0.2, -0.15) is 0 Å². The molecule has 4 nitrogen and oxygen atoms in total. The van der Waals surface area contributed by atoms with Crippen molar-refractivity contribution >= 4 is 11.7 Å². The molecule has 0 radical (unpaired) electrons. The maximum absolute atomic E-state index is 12.1. The van der Waals surface area contributed by atoms with Gasteiger partial charge in [0, 0.05) is 12.2 Å². The van der Waals surface area contributed by atoms with Crippen molar-refractivity contribution in [3.05, 3.63) is 18.0 Å². The van der Waals surface area contributed by atoms with E-state index in [-0.39, 0.29) is 5.97 Å². The molecule has 0 spiro atoms. The summed E-state index contributed by atoms with van der Waals surface area (Å²) in [4.78, 5) is 12.1. The maximum atomic E-state index is 12.1. The highest BCUT2D eigenvalue weighted by Gasteiger charge is 2.28. The monoisotopic (exact) mass is 248 g/mol. The van der Waals surface area contributed by atoms with Crippen molar-refractivity contribution in [1.82, 2.24) is 4.57 Å². The molecule has 1 aromatic rings.